The van der Waals surface area contributed by atoms with E-state index in [4.69, 9.17) is 5.11 Å². The van der Waals surface area contributed by atoms with Crippen LogP contribution < -0.4 is 0 Å². The van der Waals surface area contributed by atoms with E-state index in [2.05, 4.69) is 8.37 Å². The molecular weight excluding hydrogens is 184 g/mol. The maximum Gasteiger partial charge on any atom is 0.399 e. The molecule has 0 amide bonds. The second-order valence-corrected chi connectivity index (χ2v) is 4.23. The molecule has 0 unspecified atom stereocenters. The molecule has 6 heteroatoms. The molecule has 0 atom stereocenters. The first kappa shape index (κ1) is 9.91. The predicted octanol–water partition coefficient (Wildman–Crippen LogP) is -0.333. The average molecular weight is 196 g/mol. The van der Waals surface area contributed by atoms with E-state index in [9.17, 15) is 8.42 Å². The van der Waals surface area contributed by atoms with Crippen LogP contribution in [0, 0.1) is 5.41 Å². The highest BCUT2D eigenvalue weighted by Gasteiger charge is 2.37. The maximum absolute atomic E-state index is 10.6. The van der Waals surface area contributed by atoms with Gasteiger partial charge in [0.25, 0.3) is 0 Å². The largest absolute Gasteiger partial charge is 0.399 e. The molecule has 72 valence electrons. The lowest BCUT2D eigenvalue weighted by Crippen LogP contribution is -2.41. The van der Waals surface area contributed by atoms with Gasteiger partial charge in [0.05, 0.1) is 19.8 Å². The minimum atomic E-state index is -3.79. The van der Waals surface area contributed by atoms with Crippen LogP contribution in [0.1, 0.15) is 13.3 Å². The molecule has 1 fully saturated rings. The summed E-state index contributed by atoms with van der Waals surface area (Å²) in [6, 6.07) is 0. The highest BCUT2D eigenvalue weighted by Crippen LogP contribution is 2.27. The molecule has 0 aromatic rings. The predicted molar refractivity (Wildman–Crippen MR) is 40.6 cm³/mol. The second-order valence-electron chi connectivity index (χ2n) is 2.94. The molecule has 1 aliphatic heterocycles. The van der Waals surface area contributed by atoms with Gasteiger partial charge in [-0.3, -0.25) is 0 Å². The highest BCUT2D eigenvalue weighted by atomic mass is 32.3. The summed E-state index contributed by atoms with van der Waals surface area (Å²) in [6.45, 7) is 1.73. The Hall–Kier alpha value is -0.170. The summed E-state index contributed by atoms with van der Waals surface area (Å²) in [6.07, 6.45) is 0.624. The van der Waals surface area contributed by atoms with Gasteiger partial charge in [-0.2, -0.15) is 8.42 Å². The number of aliphatic hydroxyl groups excluding tert-OH is 1. The molecule has 0 aromatic heterocycles. The van der Waals surface area contributed by atoms with Crippen LogP contribution in [0.2, 0.25) is 0 Å². The van der Waals surface area contributed by atoms with Crippen molar-refractivity contribution in [2.75, 3.05) is 19.8 Å². The number of hydrogen-bond donors (Lipinski definition) is 1. The second kappa shape index (κ2) is 3.29. The van der Waals surface area contributed by atoms with Gasteiger partial charge in [-0.25, -0.2) is 8.37 Å². The molecular formula is C6H12O5S. The molecule has 0 saturated carbocycles. The van der Waals surface area contributed by atoms with Gasteiger partial charge in [0.1, 0.15) is 0 Å². The van der Waals surface area contributed by atoms with Gasteiger partial charge in [0.2, 0.25) is 0 Å². The lowest BCUT2D eigenvalue weighted by Gasteiger charge is -2.32. The smallest absolute Gasteiger partial charge is 0.396 e. The number of hydrogen-bond acceptors (Lipinski definition) is 5. The highest BCUT2D eigenvalue weighted by molar-refractivity contribution is 7.81. The Morgan fingerprint density at radius 2 is 1.92 bits per heavy atom. The molecule has 0 radical (unpaired) electrons. The Morgan fingerprint density at radius 1 is 1.42 bits per heavy atom. The number of rotatable bonds is 2. The monoisotopic (exact) mass is 196 g/mol. The molecule has 0 bridgehead atoms. The van der Waals surface area contributed by atoms with E-state index in [0.29, 0.717) is 6.42 Å². The fourth-order valence-corrected chi connectivity index (χ4v) is 1.73. The molecule has 1 aliphatic rings. The van der Waals surface area contributed by atoms with Gasteiger partial charge in [0, 0.05) is 5.41 Å². The summed E-state index contributed by atoms with van der Waals surface area (Å²) in [4.78, 5) is 0. The van der Waals surface area contributed by atoms with E-state index in [-0.39, 0.29) is 19.8 Å². The van der Waals surface area contributed by atoms with Gasteiger partial charge in [-0.1, -0.05) is 6.92 Å². The van der Waals surface area contributed by atoms with Crippen molar-refractivity contribution in [1.82, 2.24) is 0 Å². The van der Waals surface area contributed by atoms with Gasteiger partial charge >= 0.3 is 10.4 Å². The molecule has 0 spiro atoms. The minimum absolute atomic E-state index is 0.00231. The first-order valence-electron chi connectivity index (χ1n) is 3.68. The molecule has 0 aliphatic carbocycles. The Bertz CT molecular complexity index is 225. The van der Waals surface area contributed by atoms with Crippen molar-refractivity contribution in [2.45, 2.75) is 13.3 Å². The third kappa shape index (κ3) is 1.95. The maximum atomic E-state index is 10.6. The Balaban J connectivity index is 2.66. The van der Waals surface area contributed by atoms with Crippen LogP contribution in [0.3, 0.4) is 0 Å². The molecule has 1 saturated heterocycles. The van der Waals surface area contributed by atoms with Crippen molar-refractivity contribution in [2.24, 2.45) is 5.41 Å². The van der Waals surface area contributed by atoms with E-state index in [1.54, 1.807) is 0 Å². The topological polar surface area (TPSA) is 72.8 Å². The van der Waals surface area contributed by atoms with Crippen molar-refractivity contribution in [1.29, 1.82) is 0 Å². The fourth-order valence-electron chi connectivity index (χ4n) is 0.877. The quantitative estimate of drug-likeness (QED) is 0.654. The van der Waals surface area contributed by atoms with Crippen LogP contribution in [0.4, 0.5) is 0 Å². The van der Waals surface area contributed by atoms with Crippen LogP contribution in [0.5, 0.6) is 0 Å². The molecule has 5 nitrogen and oxygen atoms in total. The van der Waals surface area contributed by atoms with Crippen LogP contribution in [-0.4, -0.2) is 33.3 Å². The molecule has 0 aromatic carbocycles. The molecule has 1 N–H and O–H groups in total. The zero-order valence-corrected chi connectivity index (χ0v) is 7.63. The van der Waals surface area contributed by atoms with E-state index < -0.39 is 15.8 Å². The van der Waals surface area contributed by atoms with Gasteiger partial charge in [-0.15, -0.1) is 0 Å². The number of aliphatic hydroxyl groups is 1. The van der Waals surface area contributed by atoms with Crippen molar-refractivity contribution < 1.29 is 21.9 Å². The van der Waals surface area contributed by atoms with E-state index in [1.807, 2.05) is 6.92 Å². The summed E-state index contributed by atoms with van der Waals surface area (Å²) in [5, 5.41) is 8.96. The average Bonchev–Trinajstić information content (AvgIpc) is 2.06. The van der Waals surface area contributed by atoms with Crippen LogP contribution >= 0.6 is 0 Å². The fraction of sp³-hybridized carbons (Fsp3) is 1.00. The van der Waals surface area contributed by atoms with Crippen molar-refractivity contribution in [3.63, 3.8) is 0 Å². The lowest BCUT2D eigenvalue weighted by atomic mass is 9.88. The molecule has 12 heavy (non-hydrogen) atoms. The normalized spacial score (nSPS) is 26.8. The Kier molecular flexibility index (Phi) is 2.72. The summed E-state index contributed by atoms with van der Waals surface area (Å²) < 4.78 is 30.2. The summed E-state index contributed by atoms with van der Waals surface area (Å²) in [5.74, 6) is 0. The zero-order valence-electron chi connectivity index (χ0n) is 6.82. The SMILES string of the molecule is CCC1(CO)COS(=O)(=O)OC1. The van der Waals surface area contributed by atoms with Gasteiger partial charge in [-0.05, 0) is 6.42 Å². The van der Waals surface area contributed by atoms with Crippen LogP contribution in [0.15, 0.2) is 0 Å². The summed E-state index contributed by atoms with van der Waals surface area (Å²) in [7, 11) is -3.79. The van der Waals surface area contributed by atoms with Gasteiger partial charge < -0.3 is 5.11 Å². The minimum Gasteiger partial charge on any atom is -0.396 e. The summed E-state index contributed by atoms with van der Waals surface area (Å²) in [5.41, 5.74) is -0.550. The van der Waals surface area contributed by atoms with Crippen molar-refractivity contribution in [3.8, 4) is 0 Å². The Morgan fingerprint density at radius 3 is 2.25 bits per heavy atom. The molecule has 1 heterocycles. The van der Waals surface area contributed by atoms with Crippen molar-refractivity contribution >= 4 is 10.4 Å². The first-order chi connectivity index (χ1) is 5.54. The van der Waals surface area contributed by atoms with Gasteiger partial charge in [0.15, 0.2) is 0 Å². The summed E-state index contributed by atoms with van der Waals surface area (Å²) >= 11 is 0. The lowest BCUT2D eigenvalue weighted by molar-refractivity contribution is -0.0166. The van der Waals surface area contributed by atoms with E-state index in [1.165, 1.54) is 0 Å². The third-order valence-corrected chi connectivity index (χ3v) is 2.92. The van der Waals surface area contributed by atoms with Crippen LogP contribution in [-0.2, 0) is 18.8 Å². The molecule has 1 rings (SSSR count). The first-order valence-corrected chi connectivity index (χ1v) is 5.01. The third-order valence-electron chi connectivity index (χ3n) is 2.10. The standard InChI is InChI=1S/C6H12O5S/c1-2-6(3-7)4-10-12(8,9)11-5-6/h7H,2-5H2,1H3. The van der Waals surface area contributed by atoms with Crippen LogP contribution in [0.25, 0.3) is 0 Å². The van der Waals surface area contributed by atoms with E-state index >= 15 is 0 Å². The van der Waals surface area contributed by atoms with Crippen molar-refractivity contribution in [3.05, 3.63) is 0 Å². The zero-order chi connectivity index (χ0) is 9.24. The van der Waals surface area contributed by atoms with E-state index in [0.717, 1.165) is 0 Å². The Labute approximate surface area is 71.6 Å².